The van der Waals surface area contributed by atoms with E-state index in [1.807, 2.05) is 6.20 Å². The maximum Gasteiger partial charge on any atom is 0.125 e. The lowest BCUT2D eigenvalue weighted by molar-refractivity contribution is 0.286. The van der Waals surface area contributed by atoms with Gasteiger partial charge in [-0.1, -0.05) is 19.9 Å². The summed E-state index contributed by atoms with van der Waals surface area (Å²) in [6.45, 7) is 11.5. The summed E-state index contributed by atoms with van der Waals surface area (Å²) < 4.78 is 5.97. The molecule has 2 nitrogen and oxygen atoms in total. The number of rotatable bonds is 5. The lowest BCUT2D eigenvalue weighted by atomic mass is 10.0. The van der Waals surface area contributed by atoms with E-state index in [1.54, 1.807) is 0 Å². The molecule has 0 atom stereocenters. The fraction of sp³-hybridized carbons (Fsp3) is 0.421. The van der Waals surface area contributed by atoms with Gasteiger partial charge in [-0.2, -0.15) is 0 Å². The minimum absolute atomic E-state index is 0.668. The van der Waals surface area contributed by atoms with Crippen molar-refractivity contribution in [3.05, 3.63) is 47.2 Å². The maximum atomic E-state index is 5.97. The van der Waals surface area contributed by atoms with Crippen LogP contribution in [0.5, 0.6) is 5.75 Å². The van der Waals surface area contributed by atoms with Gasteiger partial charge in [-0.05, 0) is 68.0 Å². The molecule has 21 heavy (non-hydrogen) atoms. The molecule has 0 radical (unpaired) electrons. The van der Waals surface area contributed by atoms with E-state index >= 15 is 0 Å². The third-order valence-electron chi connectivity index (χ3n) is 3.61. The highest BCUT2D eigenvalue weighted by Crippen LogP contribution is 2.29. The molecule has 0 bridgehead atoms. The van der Waals surface area contributed by atoms with Crippen LogP contribution >= 0.6 is 0 Å². The van der Waals surface area contributed by atoms with Crippen molar-refractivity contribution in [1.82, 2.24) is 4.98 Å². The molecule has 0 aliphatic heterocycles. The third kappa shape index (κ3) is 4.07. The fourth-order valence-electron chi connectivity index (χ4n) is 2.36. The summed E-state index contributed by atoms with van der Waals surface area (Å²) >= 11 is 0. The Kier molecular flexibility index (Phi) is 5.00. The average molecular weight is 283 g/mol. The number of aromatic nitrogens is 1. The van der Waals surface area contributed by atoms with E-state index in [0.717, 1.165) is 30.0 Å². The second-order valence-corrected chi connectivity index (χ2v) is 6.19. The van der Waals surface area contributed by atoms with Crippen LogP contribution in [0.3, 0.4) is 0 Å². The third-order valence-corrected chi connectivity index (χ3v) is 3.61. The molecule has 2 heteroatoms. The molecule has 1 aromatic heterocycles. The van der Waals surface area contributed by atoms with Crippen molar-refractivity contribution in [3.8, 4) is 17.0 Å². The first-order valence-corrected chi connectivity index (χ1v) is 7.64. The van der Waals surface area contributed by atoms with Gasteiger partial charge in [-0.15, -0.1) is 0 Å². The van der Waals surface area contributed by atoms with E-state index in [0.29, 0.717) is 5.92 Å². The highest BCUT2D eigenvalue weighted by molar-refractivity contribution is 5.64. The molecule has 2 rings (SSSR count). The van der Waals surface area contributed by atoms with Crippen molar-refractivity contribution in [2.75, 3.05) is 6.61 Å². The van der Waals surface area contributed by atoms with Gasteiger partial charge in [-0.25, -0.2) is 0 Å². The largest absolute Gasteiger partial charge is 0.493 e. The van der Waals surface area contributed by atoms with Gasteiger partial charge in [0, 0.05) is 11.8 Å². The van der Waals surface area contributed by atoms with Crippen molar-refractivity contribution in [2.24, 2.45) is 5.92 Å². The Hall–Kier alpha value is -1.83. The van der Waals surface area contributed by atoms with Crippen molar-refractivity contribution in [3.63, 3.8) is 0 Å². The minimum Gasteiger partial charge on any atom is -0.493 e. The highest BCUT2D eigenvalue weighted by atomic mass is 16.5. The predicted molar refractivity (Wildman–Crippen MR) is 88.8 cm³/mol. The highest BCUT2D eigenvalue weighted by Gasteiger charge is 2.09. The smallest absolute Gasteiger partial charge is 0.125 e. The van der Waals surface area contributed by atoms with E-state index in [-0.39, 0.29) is 0 Å². The molecular weight excluding hydrogens is 258 g/mol. The number of aryl methyl sites for hydroxylation is 3. The number of pyridine rings is 1. The maximum absolute atomic E-state index is 5.97. The van der Waals surface area contributed by atoms with Crippen LogP contribution in [-0.4, -0.2) is 11.6 Å². The monoisotopic (exact) mass is 283 g/mol. The number of nitrogens with zero attached hydrogens (tertiary/aromatic N) is 1. The van der Waals surface area contributed by atoms with Crippen LogP contribution in [-0.2, 0) is 0 Å². The van der Waals surface area contributed by atoms with Crippen molar-refractivity contribution in [2.45, 2.75) is 41.0 Å². The normalized spacial score (nSPS) is 11.0. The second-order valence-electron chi connectivity index (χ2n) is 6.19. The molecule has 0 saturated heterocycles. The standard InChI is InChI=1S/C19H25NO/c1-13(2)8-9-21-19-15(4)10-17(11-16(19)5)18-7-6-14(3)12-20-18/h6-7,10-13H,8-9H2,1-5H3. The SMILES string of the molecule is Cc1ccc(-c2cc(C)c(OCCC(C)C)c(C)c2)nc1. The second kappa shape index (κ2) is 6.75. The minimum atomic E-state index is 0.668. The molecule has 0 unspecified atom stereocenters. The lowest BCUT2D eigenvalue weighted by Gasteiger charge is -2.15. The fourth-order valence-corrected chi connectivity index (χ4v) is 2.36. The van der Waals surface area contributed by atoms with Gasteiger partial charge in [0.2, 0.25) is 0 Å². The predicted octanol–water partition coefficient (Wildman–Crippen LogP) is 5.10. The molecule has 0 amide bonds. The molecule has 2 aromatic rings. The Balaban J connectivity index is 2.22. The summed E-state index contributed by atoms with van der Waals surface area (Å²) in [5.41, 5.74) is 5.70. The summed E-state index contributed by atoms with van der Waals surface area (Å²) in [5, 5.41) is 0. The van der Waals surface area contributed by atoms with Gasteiger partial charge in [-0.3, -0.25) is 4.98 Å². The average Bonchev–Trinajstić information content (AvgIpc) is 2.42. The number of hydrogen-bond donors (Lipinski definition) is 0. The van der Waals surface area contributed by atoms with E-state index in [9.17, 15) is 0 Å². The van der Waals surface area contributed by atoms with E-state index in [4.69, 9.17) is 4.74 Å². The van der Waals surface area contributed by atoms with E-state index in [2.05, 4.69) is 63.9 Å². The summed E-state index contributed by atoms with van der Waals surface area (Å²) in [6, 6.07) is 8.49. The zero-order chi connectivity index (χ0) is 15.4. The van der Waals surface area contributed by atoms with Crippen LogP contribution in [0, 0.1) is 26.7 Å². The summed E-state index contributed by atoms with van der Waals surface area (Å²) in [4.78, 5) is 4.50. The van der Waals surface area contributed by atoms with Gasteiger partial charge in [0.05, 0.1) is 12.3 Å². The van der Waals surface area contributed by atoms with Crippen LogP contribution in [0.4, 0.5) is 0 Å². The van der Waals surface area contributed by atoms with E-state index < -0.39 is 0 Å². The molecule has 0 aliphatic carbocycles. The molecular formula is C19H25NO. The lowest BCUT2D eigenvalue weighted by Crippen LogP contribution is -2.04. The quantitative estimate of drug-likeness (QED) is 0.761. The van der Waals surface area contributed by atoms with Gasteiger partial charge < -0.3 is 4.74 Å². The van der Waals surface area contributed by atoms with Crippen LogP contribution < -0.4 is 4.74 Å². The van der Waals surface area contributed by atoms with Gasteiger partial charge in [0.1, 0.15) is 5.75 Å². The molecule has 0 fully saturated rings. The molecule has 1 heterocycles. The number of ether oxygens (including phenoxy) is 1. The molecule has 0 saturated carbocycles. The first-order chi connectivity index (χ1) is 9.97. The number of hydrogen-bond acceptors (Lipinski definition) is 2. The zero-order valence-corrected chi connectivity index (χ0v) is 13.7. The van der Waals surface area contributed by atoms with Crippen molar-refractivity contribution >= 4 is 0 Å². The first-order valence-electron chi connectivity index (χ1n) is 7.64. The van der Waals surface area contributed by atoms with Crippen molar-refractivity contribution in [1.29, 1.82) is 0 Å². The molecule has 1 aromatic carbocycles. The van der Waals surface area contributed by atoms with Gasteiger partial charge in [0.25, 0.3) is 0 Å². The Labute approximate surface area is 128 Å². The molecule has 0 aliphatic rings. The Bertz CT molecular complexity index is 576. The molecule has 0 N–H and O–H groups in total. The Morgan fingerprint density at radius 3 is 2.24 bits per heavy atom. The first kappa shape index (κ1) is 15.6. The Morgan fingerprint density at radius 2 is 1.71 bits per heavy atom. The summed E-state index contributed by atoms with van der Waals surface area (Å²) in [6.07, 6.45) is 2.99. The van der Waals surface area contributed by atoms with Gasteiger partial charge in [0.15, 0.2) is 0 Å². The van der Waals surface area contributed by atoms with Crippen LogP contribution in [0.25, 0.3) is 11.3 Å². The van der Waals surface area contributed by atoms with Crippen LogP contribution in [0.1, 0.15) is 37.0 Å². The van der Waals surface area contributed by atoms with Crippen molar-refractivity contribution < 1.29 is 4.74 Å². The summed E-state index contributed by atoms with van der Waals surface area (Å²) in [5.74, 6) is 1.69. The topological polar surface area (TPSA) is 22.1 Å². The summed E-state index contributed by atoms with van der Waals surface area (Å²) in [7, 11) is 0. The zero-order valence-electron chi connectivity index (χ0n) is 13.7. The molecule has 112 valence electrons. The van der Waals surface area contributed by atoms with Crippen LogP contribution in [0.2, 0.25) is 0 Å². The Morgan fingerprint density at radius 1 is 1.05 bits per heavy atom. The van der Waals surface area contributed by atoms with Crippen LogP contribution in [0.15, 0.2) is 30.5 Å². The molecule has 0 spiro atoms. The van der Waals surface area contributed by atoms with E-state index in [1.165, 1.54) is 16.7 Å². The number of benzene rings is 1. The van der Waals surface area contributed by atoms with Gasteiger partial charge >= 0.3 is 0 Å².